The van der Waals surface area contributed by atoms with Gasteiger partial charge in [0.25, 0.3) is 0 Å². The molecule has 5 atom stereocenters. The fraction of sp³-hybridized carbons (Fsp3) is 1.00. The van der Waals surface area contributed by atoms with Gasteiger partial charge in [0.2, 0.25) is 0 Å². The van der Waals surface area contributed by atoms with Gasteiger partial charge in [-0.1, -0.05) is 33.6 Å². The number of aliphatic hydroxyl groups is 1. The van der Waals surface area contributed by atoms with Gasteiger partial charge in [0.05, 0.1) is 0 Å². The average Bonchev–Trinajstić information content (AvgIpc) is 2.90. The van der Waals surface area contributed by atoms with Crippen LogP contribution in [0.15, 0.2) is 0 Å². The summed E-state index contributed by atoms with van der Waals surface area (Å²) in [5.41, 5.74) is 0.980. The second-order valence-electron chi connectivity index (χ2n) is 8.74. The third kappa shape index (κ3) is 2.33. The molecule has 0 radical (unpaired) electrons. The first-order valence-electron chi connectivity index (χ1n) is 8.81. The number of hydrogen-bond donors (Lipinski definition) is 2. The maximum Gasteiger partial charge on any atom is 0.0462 e. The van der Waals surface area contributed by atoms with Crippen LogP contribution < -0.4 is 5.32 Å². The van der Waals surface area contributed by atoms with Crippen LogP contribution in [0.5, 0.6) is 0 Å². The van der Waals surface area contributed by atoms with Crippen LogP contribution in [0.2, 0.25) is 0 Å². The lowest BCUT2D eigenvalue weighted by molar-refractivity contribution is 0.0853. The van der Waals surface area contributed by atoms with Crippen molar-refractivity contribution in [2.75, 3.05) is 13.2 Å². The second kappa shape index (κ2) is 5.28. The monoisotopic (exact) mass is 279 g/mol. The number of aliphatic hydroxyl groups excluding tert-OH is 1. The Hall–Kier alpha value is -0.0800. The summed E-state index contributed by atoms with van der Waals surface area (Å²) < 4.78 is 0. The van der Waals surface area contributed by atoms with Gasteiger partial charge < -0.3 is 10.4 Å². The highest BCUT2D eigenvalue weighted by atomic mass is 16.3. The quantitative estimate of drug-likeness (QED) is 0.824. The van der Waals surface area contributed by atoms with Gasteiger partial charge in [-0.3, -0.25) is 0 Å². The van der Waals surface area contributed by atoms with Gasteiger partial charge in [-0.2, -0.15) is 0 Å². The van der Waals surface area contributed by atoms with Crippen molar-refractivity contribution in [3.63, 3.8) is 0 Å². The molecule has 3 aliphatic carbocycles. The Morgan fingerprint density at radius 2 is 1.75 bits per heavy atom. The van der Waals surface area contributed by atoms with Crippen molar-refractivity contribution in [2.45, 2.75) is 71.8 Å². The summed E-state index contributed by atoms with van der Waals surface area (Å²) in [7, 11) is 0. The Labute approximate surface area is 124 Å². The molecule has 3 rings (SSSR count). The summed E-state index contributed by atoms with van der Waals surface area (Å²) in [6, 6.07) is 0.676. The van der Waals surface area contributed by atoms with Crippen LogP contribution in [-0.4, -0.2) is 24.3 Å². The summed E-state index contributed by atoms with van der Waals surface area (Å²) >= 11 is 0. The molecular formula is C18H33NO. The summed E-state index contributed by atoms with van der Waals surface area (Å²) in [6.45, 7) is 8.97. The Morgan fingerprint density at radius 3 is 2.35 bits per heavy atom. The molecule has 2 bridgehead atoms. The number of nitrogens with one attached hydrogen (secondary N) is 1. The van der Waals surface area contributed by atoms with Crippen LogP contribution >= 0.6 is 0 Å². The molecule has 2 N–H and O–H groups in total. The number of rotatable bonds is 4. The Balaban J connectivity index is 1.63. The first kappa shape index (κ1) is 14.8. The van der Waals surface area contributed by atoms with E-state index in [0.29, 0.717) is 35.3 Å². The van der Waals surface area contributed by atoms with Gasteiger partial charge in [0.1, 0.15) is 0 Å². The molecule has 3 fully saturated rings. The molecule has 0 aromatic carbocycles. The van der Waals surface area contributed by atoms with Crippen molar-refractivity contribution in [3.05, 3.63) is 0 Å². The minimum absolute atomic E-state index is 0.389. The van der Waals surface area contributed by atoms with Crippen molar-refractivity contribution < 1.29 is 5.11 Å². The summed E-state index contributed by atoms with van der Waals surface area (Å²) in [4.78, 5) is 0. The molecule has 2 heteroatoms. The van der Waals surface area contributed by atoms with E-state index in [1.54, 1.807) is 0 Å². The lowest BCUT2D eigenvalue weighted by Gasteiger charge is -2.44. The minimum Gasteiger partial charge on any atom is -0.396 e. The zero-order chi connectivity index (χ0) is 14.4. The highest BCUT2D eigenvalue weighted by Gasteiger charge is 2.59. The van der Waals surface area contributed by atoms with Crippen LogP contribution in [0.1, 0.15) is 65.7 Å². The Kier molecular flexibility index (Phi) is 3.92. The van der Waals surface area contributed by atoms with Gasteiger partial charge in [0, 0.05) is 12.6 Å². The lowest BCUT2D eigenvalue weighted by Crippen LogP contribution is -2.52. The fourth-order valence-corrected chi connectivity index (χ4v) is 5.87. The molecule has 0 amide bonds. The average molecular weight is 279 g/mol. The summed E-state index contributed by atoms with van der Waals surface area (Å²) in [5, 5.41) is 13.6. The first-order valence-corrected chi connectivity index (χ1v) is 8.81. The molecule has 0 aromatic rings. The second-order valence-corrected chi connectivity index (χ2v) is 8.74. The molecule has 116 valence electrons. The Morgan fingerprint density at radius 1 is 1.05 bits per heavy atom. The largest absolute Gasteiger partial charge is 0.396 e. The van der Waals surface area contributed by atoms with Crippen molar-refractivity contribution in [2.24, 2.45) is 28.6 Å². The molecule has 0 saturated heterocycles. The van der Waals surface area contributed by atoms with E-state index in [-0.39, 0.29) is 0 Å². The molecule has 3 unspecified atom stereocenters. The maximum atomic E-state index is 9.58. The van der Waals surface area contributed by atoms with Gasteiger partial charge in [0.15, 0.2) is 0 Å². The van der Waals surface area contributed by atoms with Gasteiger partial charge in [-0.25, -0.2) is 0 Å². The molecule has 20 heavy (non-hydrogen) atoms. The van der Waals surface area contributed by atoms with Gasteiger partial charge >= 0.3 is 0 Å². The predicted octanol–water partition coefficient (Wildman–Crippen LogP) is 3.59. The molecule has 3 aliphatic rings. The number of hydrogen-bond acceptors (Lipinski definition) is 2. The van der Waals surface area contributed by atoms with Crippen LogP contribution in [-0.2, 0) is 0 Å². The van der Waals surface area contributed by atoms with Crippen LogP contribution in [0, 0.1) is 28.6 Å². The third-order valence-electron chi connectivity index (χ3n) is 7.15. The molecular weight excluding hydrogens is 246 g/mol. The highest BCUT2D eigenvalue weighted by Crippen LogP contribution is 2.62. The predicted molar refractivity (Wildman–Crippen MR) is 83.6 cm³/mol. The van der Waals surface area contributed by atoms with Crippen LogP contribution in [0.25, 0.3) is 0 Å². The fourth-order valence-electron chi connectivity index (χ4n) is 5.87. The van der Waals surface area contributed by atoms with Crippen molar-refractivity contribution in [1.82, 2.24) is 5.32 Å². The van der Waals surface area contributed by atoms with E-state index in [1.165, 1.54) is 44.9 Å². The van der Waals surface area contributed by atoms with E-state index in [2.05, 4.69) is 26.1 Å². The number of fused-ring (bicyclic) bond motifs is 2. The molecule has 0 spiro atoms. The zero-order valence-electron chi connectivity index (χ0n) is 13.6. The van der Waals surface area contributed by atoms with E-state index in [9.17, 15) is 5.11 Å². The third-order valence-corrected chi connectivity index (χ3v) is 7.15. The highest BCUT2D eigenvalue weighted by molar-refractivity contribution is 5.12. The standard InChI is InChI=1S/C18H33NO/c1-17(2)15-8-9-18(3,10-15)16(17)19-11-13-6-4-5-7-14(13)12-20/h13-16,19-20H,4-12H2,1-3H3/t13?,14?,15-,16?,18+/m0/s1. The Bertz CT molecular complexity index is 349. The van der Waals surface area contributed by atoms with Crippen LogP contribution in [0.4, 0.5) is 0 Å². The molecule has 2 nitrogen and oxygen atoms in total. The molecule has 0 aromatic heterocycles. The van der Waals surface area contributed by atoms with Gasteiger partial charge in [-0.15, -0.1) is 0 Å². The van der Waals surface area contributed by atoms with E-state index in [1.807, 2.05) is 0 Å². The van der Waals surface area contributed by atoms with Gasteiger partial charge in [-0.05, 0) is 67.2 Å². The normalized spacial score (nSPS) is 46.8. The molecule has 0 aliphatic heterocycles. The summed E-state index contributed by atoms with van der Waals surface area (Å²) in [6.07, 6.45) is 9.48. The molecule has 3 saturated carbocycles. The minimum atomic E-state index is 0.389. The van der Waals surface area contributed by atoms with Crippen molar-refractivity contribution in [3.8, 4) is 0 Å². The van der Waals surface area contributed by atoms with E-state index in [0.717, 1.165) is 12.5 Å². The maximum absolute atomic E-state index is 9.58. The van der Waals surface area contributed by atoms with Crippen molar-refractivity contribution in [1.29, 1.82) is 0 Å². The van der Waals surface area contributed by atoms with E-state index >= 15 is 0 Å². The van der Waals surface area contributed by atoms with Crippen molar-refractivity contribution >= 4 is 0 Å². The van der Waals surface area contributed by atoms with E-state index < -0.39 is 0 Å². The molecule has 0 heterocycles. The summed E-state index contributed by atoms with van der Waals surface area (Å²) in [5.74, 6) is 2.17. The first-order chi connectivity index (χ1) is 9.47. The topological polar surface area (TPSA) is 32.3 Å². The van der Waals surface area contributed by atoms with Crippen LogP contribution in [0.3, 0.4) is 0 Å². The zero-order valence-corrected chi connectivity index (χ0v) is 13.6. The SMILES string of the molecule is CC1(C)C(NCC2CCCCC2CO)[C@]2(C)CC[C@H]1C2. The van der Waals surface area contributed by atoms with E-state index in [4.69, 9.17) is 0 Å². The lowest BCUT2D eigenvalue weighted by atomic mass is 9.68. The smallest absolute Gasteiger partial charge is 0.0462 e.